The van der Waals surface area contributed by atoms with Gasteiger partial charge in [-0.2, -0.15) is 0 Å². The fraction of sp³-hybridized carbons (Fsp3) is 0. The Morgan fingerprint density at radius 2 is 1.30 bits per heavy atom. The van der Waals surface area contributed by atoms with E-state index in [0.717, 1.165) is 0 Å². The van der Waals surface area contributed by atoms with Crippen molar-refractivity contribution in [1.29, 1.82) is 10.8 Å². The van der Waals surface area contributed by atoms with Crippen molar-refractivity contribution in [3.05, 3.63) is 58.5 Å². The summed E-state index contributed by atoms with van der Waals surface area (Å²) in [5.74, 6) is 0. The Morgan fingerprint density at radius 3 is 1.70 bits per heavy atom. The summed E-state index contributed by atoms with van der Waals surface area (Å²) in [7, 11) is 0. The Labute approximate surface area is 114 Å². The van der Waals surface area contributed by atoms with Gasteiger partial charge in [-0.1, -0.05) is 12.1 Å². The Morgan fingerprint density at radius 1 is 0.850 bits per heavy atom. The van der Waals surface area contributed by atoms with Crippen molar-refractivity contribution in [2.75, 3.05) is 10.6 Å². The molecule has 0 radical (unpaired) electrons. The SMILES string of the molecule is N#[N+]c1cccc(NC(=O)Nc2cccc([N+]#N)c2)c1. The lowest BCUT2D eigenvalue weighted by molar-refractivity contribution is 0.262. The minimum atomic E-state index is -0.463. The number of carbonyl (C=O) groups is 1. The van der Waals surface area contributed by atoms with Crippen LogP contribution in [0.5, 0.6) is 0 Å². The Balaban J connectivity index is 2.05. The first-order chi connectivity index (χ1) is 9.71. The molecule has 0 aromatic heterocycles. The third-order valence-corrected chi connectivity index (χ3v) is 2.44. The van der Waals surface area contributed by atoms with Gasteiger partial charge in [-0.25, -0.2) is 4.79 Å². The van der Waals surface area contributed by atoms with Gasteiger partial charge in [-0.3, -0.25) is 0 Å². The number of benzene rings is 2. The molecule has 20 heavy (non-hydrogen) atoms. The molecule has 0 saturated carbocycles. The number of anilines is 2. The average Bonchev–Trinajstić information content (AvgIpc) is 2.47. The average molecular weight is 266 g/mol. The van der Waals surface area contributed by atoms with E-state index in [2.05, 4.69) is 20.6 Å². The van der Waals surface area contributed by atoms with Crippen LogP contribution in [0.15, 0.2) is 48.5 Å². The zero-order chi connectivity index (χ0) is 14.4. The molecule has 7 heteroatoms. The van der Waals surface area contributed by atoms with Gasteiger partial charge < -0.3 is 10.6 Å². The molecule has 2 amide bonds. The van der Waals surface area contributed by atoms with E-state index in [4.69, 9.17) is 10.8 Å². The minimum Gasteiger partial charge on any atom is -0.307 e. The predicted molar refractivity (Wildman–Crippen MR) is 75.0 cm³/mol. The summed E-state index contributed by atoms with van der Waals surface area (Å²) >= 11 is 0. The van der Waals surface area contributed by atoms with E-state index in [1.165, 1.54) is 12.1 Å². The summed E-state index contributed by atoms with van der Waals surface area (Å²) in [5.41, 5.74) is 1.65. The smallest absolute Gasteiger partial charge is 0.307 e. The second-order valence-corrected chi connectivity index (χ2v) is 3.88. The van der Waals surface area contributed by atoms with Gasteiger partial charge in [0.25, 0.3) is 0 Å². The van der Waals surface area contributed by atoms with Crippen LogP contribution in [0.2, 0.25) is 0 Å². The number of nitrogens with zero attached hydrogens (tertiary/aromatic N) is 4. The molecule has 2 rings (SSSR count). The fourth-order valence-electron chi connectivity index (χ4n) is 1.59. The summed E-state index contributed by atoms with van der Waals surface area (Å²) < 4.78 is 0. The van der Waals surface area contributed by atoms with Crippen LogP contribution in [0.25, 0.3) is 9.95 Å². The van der Waals surface area contributed by atoms with E-state index in [1.54, 1.807) is 36.4 Å². The van der Waals surface area contributed by atoms with Crippen molar-refractivity contribution in [2.24, 2.45) is 0 Å². The Kier molecular flexibility index (Phi) is 3.86. The van der Waals surface area contributed by atoms with Crippen LogP contribution >= 0.6 is 0 Å². The van der Waals surface area contributed by atoms with Gasteiger partial charge in [-0.05, 0) is 12.1 Å². The normalized spacial score (nSPS) is 9.10. The monoisotopic (exact) mass is 266 g/mol. The van der Waals surface area contributed by atoms with Gasteiger partial charge in [-0.15, -0.1) is 0 Å². The van der Waals surface area contributed by atoms with Crippen LogP contribution in [0.1, 0.15) is 0 Å². The molecule has 2 aromatic rings. The minimum absolute atomic E-state index is 0.337. The van der Waals surface area contributed by atoms with Gasteiger partial charge in [0.2, 0.25) is 10.8 Å². The maximum absolute atomic E-state index is 11.8. The van der Waals surface area contributed by atoms with Gasteiger partial charge in [0, 0.05) is 12.1 Å². The zero-order valence-electron chi connectivity index (χ0n) is 10.3. The Hall–Kier alpha value is -3.45. The summed E-state index contributed by atoms with van der Waals surface area (Å²) in [6, 6.07) is 12.4. The van der Waals surface area contributed by atoms with Crippen LogP contribution in [0.4, 0.5) is 27.5 Å². The maximum atomic E-state index is 11.8. The van der Waals surface area contributed by atoms with Gasteiger partial charge >= 0.3 is 17.4 Å². The van der Waals surface area contributed by atoms with Gasteiger partial charge in [0.1, 0.15) is 0 Å². The summed E-state index contributed by atoms with van der Waals surface area (Å²) in [6.07, 6.45) is 0. The van der Waals surface area contributed by atoms with Crippen LogP contribution in [0, 0.1) is 10.8 Å². The second kappa shape index (κ2) is 5.94. The lowest BCUT2D eigenvalue weighted by Gasteiger charge is -2.05. The number of hydrogen-bond acceptors (Lipinski definition) is 3. The van der Waals surface area contributed by atoms with E-state index in [9.17, 15) is 4.79 Å². The first-order valence-electron chi connectivity index (χ1n) is 5.69. The molecule has 0 atom stereocenters. The first kappa shape index (κ1) is 13.0. The highest BCUT2D eigenvalue weighted by molar-refractivity contribution is 6.00. The van der Waals surface area contributed by atoms with E-state index < -0.39 is 6.03 Å². The highest BCUT2D eigenvalue weighted by atomic mass is 16.2. The van der Waals surface area contributed by atoms with Crippen molar-refractivity contribution < 1.29 is 4.79 Å². The lowest BCUT2D eigenvalue weighted by atomic mass is 10.3. The van der Waals surface area contributed by atoms with Crippen LogP contribution in [-0.2, 0) is 0 Å². The van der Waals surface area contributed by atoms with Crippen LogP contribution < -0.4 is 10.6 Å². The summed E-state index contributed by atoms with van der Waals surface area (Å²) in [6.45, 7) is 0. The van der Waals surface area contributed by atoms with Crippen molar-refractivity contribution >= 4 is 28.8 Å². The van der Waals surface area contributed by atoms with Crippen LogP contribution in [0.3, 0.4) is 0 Å². The molecule has 0 aliphatic carbocycles. The molecule has 0 bridgehead atoms. The van der Waals surface area contributed by atoms with E-state index >= 15 is 0 Å². The lowest BCUT2D eigenvalue weighted by Crippen LogP contribution is -2.19. The number of diazo groups is 2. The largest absolute Gasteiger partial charge is 0.387 e. The first-order valence-corrected chi connectivity index (χ1v) is 5.69. The molecule has 96 valence electrons. The third-order valence-electron chi connectivity index (χ3n) is 2.44. The number of rotatable bonds is 2. The molecule has 0 heterocycles. The highest BCUT2D eigenvalue weighted by Gasteiger charge is 2.09. The number of carbonyl (C=O) groups excluding carboxylic acids is 1. The summed E-state index contributed by atoms with van der Waals surface area (Å²) in [5, 5.41) is 22.5. The molecular weight excluding hydrogens is 256 g/mol. The maximum Gasteiger partial charge on any atom is 0.387 e. The zero-order valence-corrected chi connectivity index (χ0v) is 10.3. The van der Waals surface area contributed by atoms with Gasteiger partial charge in [0.15, 0.2) is 9.95 Å². The molecule has 2 aromatic carbocycles. The van der Waals surface area contributed by atoms with E-state index in [-0.39, 0.29) is 0 Å². The van der Waals surface area contributed by atoms with Crippen molar-refractivity contribution in [1.82, 2.24) is 0 Å². The summed E-state index contributed by atoms with van der Waals surface area (Å²) in [4.78, 5) is 17.8. The molecule has 0 unspecified atom stereocenters. The standard InChI is InChI=1S/C13H9N6O/c14-18-11-5-1-3-9(7-11)16-13(20)17-10-4-2-6-12(8-10)19-15/h1-8H,(H-,16,17,20)/q+1/p+1. The molecule has 2 N–H and O–H groups in total. The molecule has 0 aliphatic heterocycles. The molecular formula is C13H10N6O+2. The Bertz CT molecular complexity index is 667. The van der Waals surface area contributed by atoms with Crippen molar-refractivity contribution in [2.45, 2.75) is 0 Å². The van der Waals surface area contributed by atoms with Crippen molar-refractivity contribution in [3.63, 3.8) is 0 Å². The molecule has 0 saturated heterocycles. The fourth-order valence-corrected chi connectivity index (χ4v) is 1.59. The third kappa shape index (κ3) is 3.28. The van der Waals surface area contributed by atoms with E-state index in [0.29, 0.717) is 22.7 Å². The molecule has 0 fully saturated rings. The predicted octanol–water partition coefficient (Wildman–Crippen LogP) is 4.30. The number of hydrogen-bond donors (Lipinski definition) is 2. The van der Waals surface area contributed by atoms with Crippen molar-refractivity contribution in [3.8, 4) is 0 Å². The van der Waals surface area contributed by atoms with Crippen LogP contribution in [-0.4, -0.2) is 6.03 Å². The van der Waals surface area contributed by atoms with Gasteiger partial charge in [0.05, 0.1) is 23.5 Å². The number of amides is 2. The molecule has 7 nitrogen and oxygen atoms in total. The van der Waals surface area contributed by atoms with E-state index in [1.807, 2.05) is 0 Å². The number of urea groups is 1. The highest BCUT2D eigenvalue weighted by Crippen LogP contribution is 2.19. The quantitative estimate of drug-likeness (QED) is 0.793. The molecule has 0 spiro atoms. The topological polar surface area (TPSA) is 97.4 Å². The second-order valence-electron chi connectivity index (χ2n) is 3.88. The number of nitrogens with one attached hydrogen (secondary N) is 2. The molecule has 0 aliphatic rings.